The largest absolute Gasteiger partial charge is 0.488 e. The van der Waals surface area contributed by atoms with Crippen LogP contribution >= 0.6 is 0 Å². The maximum atomic E-state index is 15.0. The van der Waals surface area contributed by atoms with Gasteiger partial charge in [-0.15, -0.1) is 0 Å². The van der Waals surface area contributed by atoms with Crippen molar-refractivity contribution in [3.8, 4) is 5.75 Å². The van der Waals surface area contributed by atoms with Crippen molar-refractivity contribution < 1.29 is 52.7 Å². The van der Waals surface area contributed by atoms with Gasteiger partial charge in [-0.25, -0.2) is 0 Å². The molecule has 88 heavy (non-hydrogen) atoms. The smallest absolute Gasteiger partial charge is 0.225 e. The van der Waals surface area contributed by atoms with Crippen LogP contribution in [-0.4, -0.2) is 147 Å². The van der Waals surface area contributed by atoms with Gasteiger partial charge in [-0.1, -0.05) is 54.6 Å². The molecular formula is C64H93N13O11. The fraction of sp³-hybridized carbons (Fsp3) is 0.547. The van der Waals surface area contributed by atoms with Crippen LogP contribution < -0.4 is 59.2 Å². The second kappa shape index (κ2) is 36.5. The van der Waals surface area contributed by atoms with Crippen LogP contribution in [0, 0.1) is 23.7 Å². The first-order chi connectivity index (χ1) is 41.7. The number of hydrogen-bond donors (Lipinski definition) is 10. The highest BCUT2D eigenvalue weighted by Crippen LogP contribution is 2.25. The number of amidine groups is 1. The van der Waals surface area contributed by atoms with Crippen LogP contribution in [0.4, 0.5) is 0 Å². The van der Waals surface area contributed by atoms with E-state index in [2.05, 4.69) is 52.2 Å². The van der Waals surface area contributed by atoms with Crippen molar-refractivity contribution in [1.82, 2.24) is 37.2 Å². The van der Waals surface area contributed by atoms with Gasteiger partial charge in [0.25, 0.3) is 0 Å². The molecule has 0 radical (unpaired) electrons. The highest BCUT2D eigenvalue weighted by atomic mass is 16.5. The molecule has 5 amide bonds. The highest BCUT2D eigenvalue weighted by molar-refractivity contribution is 5.98. The molecular weight excluding hydrogens is 1130 g/mol. The van der Waals surface area contributed by atoms with Crippen molar-refractivity contribution >= 4 is 87.0 Å². The van der Waals surface area contributed by atoms with Crippen LogP contribution in [0.25, 0.3) is 10.8 Å². The average Bonchev–Trinajstić information content (AvgIpc) is 3.63. The van der Waals surface area contributed by atoms with Crippen molar-refractivity contribution in [1.29, 1.82) is 0 Å². The first kappa shape index (κ1) is 71.9. The minimum atomic E-state index is -1.28. The Hall–Kier alpha value is -8.57. The van der Waals surface area contributed by atoms with E-state index >= 15 is 0 Å². The molecule has 0 aliphatic carbocycles. The second-order valence-corrected chi connectivity index (χ2v) is 23.6. The summed E-state index contributed by atoms with van der Waals surface area (Å²) < 4.78 is 6.03. The fourth-order valence-corrected chi connectivity index (χ4v) is 10.1. The average molecular weight is 1220 g/mol. The number of amides is 5. The number of rotatable bonds is 22. The molecule has 1 heterocycles. The number of nitrogens with two attached hydrogens (primary N) is 3. The van der Waals surface area contributed by atoms with Gasteiger partial charge < -0.3 is 63.9 Å². The van der Waals surface area contributed by atoms with Gasteiger partial charge in [0, 0.05) is 90.1 Å². The van der Waals surface area contributed by atoms with Gasteiger partial charge in [0.1, 0.15) is 17.1 Å². The van der Waals surface area contributed by atoms with E-state index in [0.29, 0.717) is 42.1 Å². The van der Waals surface area contributed by atoms with E-state index in [9.17, 15) is 47.9 Å². The number of hydrogen-bond acceptors (Lipinski definition) is 14. The summed E-state index contributed by atoms with van der Waals surface area (Å²) >= 11 is 0. The van der Waals surface area contributed by atoms with E-state index in [1.165, 1.54) is 27.9 Å². The normalized spacial score (nSPS) is 21.0. The topological polar surface area (TPSA) is 379 Å². The minimum absolute atomic E-state index is 0.0349. The van der Waals surface area contributed by atoms with Crippen molar-refractivity contribution in [3.63, 3.8) is 0 Å². The SMILES string of the molecule is CN=C(N)NCCC[C@H](NC(=O)[C@@H]1CCC(=O)NC[C@H](CC(C)=O)C(=O)N[C@@H](Cc2ccc(OC(C)(C)C)cc2)C(=O)C[C@@H](CCCN=C(C)N)C(=O)N[C@H](CCCNC(N)=NC)C(=O)C[C@@H](Cc2ccc3ccccc3c2)C(=O)NCC(=O)C1)C(C)=O. The first-order valence-corrected chi connectivity index (χ1v) is 30.2. The number of ether oxygens (including phenoxy) is 1. The van der Waals surface area contributed by atoms with E-state index in [4.69, 9.17) is 21.9 Å². The number of aliphatic imine (C=N–C) groups is 3. The number of nitrogens with one attached hydrogen (secondary N) is 7. The summed E-state index contributed by atoms with van der Waals surface area (Å²) in [6, 6.07) is 16.7. The maximum Gasteiger partial charge on any atom is 0.225 e. The molecule has 24 heteroatoms. The zero-order valence-electron chi connectivity index (χ0n) is 52.4. The highest BCUT2D eigenvalue weighted by Gasteiger charge is 2.35. The van der Waals surface area contributed by atoms with Gasteiger partial charge in [-0.2, -0.15) is 0 Å². The van der Waals surface area contributed by atoms with Gasteiger partial charge in [0.2, 0.25) is 29.5 Å². The first-order valence-electron chi connectivity index (χ1n) is 30.2. The summed E-state index contributed by atoms with van der Waals surface area (Å²) in [4.78, 5) is 154. The lowest BCUT2D eigenvalue weighted by atomic mass is 9.88. The standard InChI is InChI=1S/C64H93N13O11/c1-39(78)30-49-37-73-57(83)26-23-47(60(86)75-52(40(2)79)17-12-28-71-62(66)68-7)34-50(80)38-74-58(84)48(32-43-19-22-44-14-9-10-15-45(44)31-43)36-55(81)53(18-13-29-72-63(67)69-8)76-59(85)46(16-11-27-70-41(3)65)35-56(82)54(77-61(49)87)33-42-20-24-51(25-21-42)88-64(4,5)6/h9-10,14-15,19-22,24-25,31,46-49,52-54H,11-13,16-18,23,26-30,32-38H2,1-8H3,(H2,65,70)(H,73,83)(H,74,84)(H,75,86)(H,76,85)(H,77,87)(H3,66,68,71)(H3,67,69,72)/t46-,47-,48-,49+,52+,53-,54+/m1/s1. The monoisotopic (exact) mass is 1220 g/mol. The Morgan fingerprint density at radius 2 is 1.30 bits per heavy atom. The summed E-state index contributed by atoms with van der Waals surface area (Å²) in [7, 11) is 3.02. The van der Waals surface area contributed by atoms with Gasteiger partial charge >= 0.3 is 0 Å². The Kier molecular flexibility index (Phi) is 29.9. The Morgan fingerprint density at radius 1 is 0.682 bits per heavy atom. The maximum absolute atomic E-state index is 15.0. The molecule has 0 unspecified atom stereocenters. The molecule has 1 aliphatic rings. The summed E-state index contributed by atoms with van der Waals surface area (Å²) in [5.41, 5.74) is 18.4. The summed E-state index contributed by atoms with van der Waals surface area (Å²) in [5.74, 6) is -9.19. The summed E-state index contributed by atoms with van der Waals surface area (Å²) in [5, 5.41) is 21.6. The van der Waals surface area contributed by atoms with Crippen LogP contribution in [-0.2, 0) is 60.8 Å². The molecule has 1 aliphatic heterocycles. The number of Topliss-reactive ketones (excluding diaryl/α,β-unsaturated/α-hetero) is 5. The fourth-order valence-electron chi connectivity index (χ4n) is 10.1. The van der Waals surface area contributed by atoms with Gasteiger partial charge in [-0.05, 0) is 133 Å². The van der Waals surface area contributed by atoms with Crippen LogP contribution in [0.1, 0.15) is 130 Å². The van der Waals surface area contributed by atoms with E-state index in [1.54, 1.807) is 31.2 Å². The number of benzene rings is 3. The predicted octanol–water partition coefficient (Wildman–Crippen LogP) is 2.98. The van der Waals surface area contributed by atoms with Gasteiger partial charge in [-0.3, -0.25) is 58.1 Å². The number of ketones is 5. The van der Waals surface area contributed by atoms with Crippen LogP contribution in [0.5, 0.6) is 5.75 Å². The summed E-state index contributed by atoms with van der Waals surface area (Å²) in [6.07, 6.45) is -0.905. The molecule has 1 saturated heterocycles. The number of guanidine groups is 2. The zero-order valence-corrected chi connectivity index (χ0v) is 52.4. The molecule has 0 saturated carbocycles. The molecule has 3 aromatic carbocycles. The molecule has 480 valence electrons. The molecule has 0 spiro atoms. The van der Waals surface area contributed by atoms with E-state index in [-0.39, 0.29) is 95.1 Å². The van der Waals surface area contributed by atoms with E-state index in [0.717, 1.165) is 10.8 Å². The zero-order chi connectivity index (χ0) is 64.9. The molecule has 13 N–H and O–H groups in total. The van der Waals surface area contributed by atoms with Crippen LogP contribution in [0.15, 0.2) is 81.7 Å². The minimum Gasteiger partial charge on any atom is -0.488 e. The predicted molar refractivity (Wildman–Crippen MR) is 339 cm³/mol. The van der Waals surface area contributed by atoms with Crippen molar-refractivity contribution in [2.75, 3.05) is 46.8 Å². The molecule has 0 bridgehead atoms. The Bertz CT molecular complexity index is 2990. The molecule has 0 aromatic heterocycles. The van der Waals surface area contributed by atoms with Crippen LogP contribution in [0.2, 0.25) is 0 Å². The van der Waals surface area contributed by atoms with Crippen LogP contribution in [0.3, 0.4) is 0 Å². The molecule has 3 aromatic rings. The molecule has 24 nitrogen and oxygen atoms in total. The third-order valence-electron chi connectivity index (χ3n) is 14.9. The lowest BCUT2D eigenvalue weighted by molar-refractivity contribution is -0.136. The Balaban J connectivity index is 1.84. The summed E-state index contributed by atoms with van der Waals surface area (Å²) in [6.45, 7) is 9.75. The Labute approximate surface area is 516 Å². The Morgan fingerprint density at radius 3 is 1.93 bits per heavy atom. The van der Waals surface area contributed by atoms with Gasteiger partial charge in [0.05, 0.1) is 36.4 Å². The third kappa shape index (κ3) is 26.6. The lowest BCUT2D eigenvalue weighted by Crippen LogP contribution is -2.49. The molecule has 1 fully saturated rings. The number of nitrogens with zero attached hydrogens (tertiary/aromatic N) is 3. The number of carbonyl (C=O) groups excluding carboxylic acids is 10. The number of carbonyl (C=O) groups is 10. The van der Waals surface area contributed by atoms with Crippen molar-refractivity contribution in [3.05, 3.63) is 77.9 Å². The van der Waals surface area contributed by atoms with E-state index < -0.39 is 126 Å². The molecule has 4 rings (SSSR count). The van der Waals surface area contributed by atoms with Crippen molar-refractivity contribution in [2.24, 2.45) is 55.8 Å². The second-order valence-electron chi connectivity index (χ2n) is 23.6. The lowest BCUT2D eigenvalue weighted by Gasteiger charge is -2.26. The van der Waals surface area contributed by atoms with Gasteiger partial charge in [0.15, 0.2) is 35.1 Å². The quantitative estimate of drug-likeness (QED) is 0.0393. The third-order valence-corrected chi connectivity index (χ3v) is 14.9. The molecule has 7 atom stereocenters. The number of fused-ring (bicyclic) bond motifs is 1. The van der Waals surface area contributed by atoms with E-state index in [1.807, 2.05) is 63.2 Å². The van der Waals surface area contributed by atoms with Crippen molar-refractivity contribution in [2.45, 2.75) is 155 Å².